The number of aliphatic hydroxyl groups excluding tert-OH is 2. The van der Waals surface area contributed by atoms with Gasteiger partial charge < -0.3 is 44.0 Å². The summed E-state index contributed by atoms with van der Waals surface area (Å²) in [7, 11) is 0. The van der Waals surface area contributed by atoms with Gasteiger partial charge in [0.2, 0.25) is 0 Å². The first kappa shape index (κ1) is 55.6. The van der Waals surface area contributed by atoms with E-state index in [1.54, 1.807) is 6.92 Å². The molecular formula is C63H53NO9. The zero-order valence-electron chi connectivity index (χ0n) is 40.6. The molecule has 3 N–H and O–H groups in total. The van der Waals surface area contributed by atoms with Crippen LogP contribution in [0.2, 0.25) is 0 Å². The van der Waals surface area contributed by atoms with Crippen molar-refractivity contribution in [2.45, 2.75) is 102 Å². The second-order valence-electron chi connectivity index (χ2n) is 15.7. The van der Waals surface area contributed by atoms with E-state index >= 15 is 0 Å². The van der Waals surface area contributed by atoms with Gasteiger partial charge in [-0.1, -0.05) is 141 Å². The highest BCUT2D eigenvalue weighted by Gasteiger charge is 2.49. The van der Waals surface area contributed by atoms with Crippen LogP contribution in [0.25, 0.3) is 0 Å². The molecule has 0 radical (unpaired) electrons. The molecule has 0 saturated carbocycles. The summed E-state index contributed by atoms with van der Waals surface area (Å²) in [4.78, 5) is 13.3. The maximum atomic E-state index is 13.3. The molecule has 1 aliphatic heterocycles. The van der Waals surface area contributed by atoms with Gasteiger partial charge in [0.25, 0.3) is 5.91 Å². The molecule has 1 saturated heterocycles. The number of carbonyl (C=O) groups is 1. The molecular weight excluding hydrogens is 915 g/mol. The molecule has 10 heteroatoms. The van der Waals surface area contributed by atoms with Crippen molar-refractivity contribution in [1.82, 2.24) is 5.32 Å². The average Bonchev–Trinajstić information content (AvgIpc) is 3.42. The number of nitrogens with one attached hydrogen (secondary N) is 1. The predicted octanol–water partition coefficient (Wildman–Crippen LogP) is 5.76. The van der Waals surface area contributed by atoms with Crippen molar-refractivity contribution >= 4 is 5.91 Å². The van der Waals surface area contributed by atoms with E-state index in [1.807, 2.05) is 128 Å². The first-order chi connectivity index (χ1) is 35.9. The summed E-state index contributed by atoms with van der Waals surface area (Å²) in [5, 5.41) is 25.2. The van der Waals surface area contributed by atoms with Crippen LogP contribution in [0.4, 0.5) is 0 Å². The van der Waals surface area contributed by atoms with Crippen LogP contribution in [-0.2, 0) is 59.6 Å². The van der Waals surface area contributed by atoms with E-state index in [9.17, 15) is 15.0 Å². The topological polar surface area (TPSA) is 125 Å². The second-order valence-corrected chi connectivity index (χ2v) is 15.7. The van der Waals surface area contributed by atoms with E-state index < -0.39 is 54.9 Å². The van der Waals surface area contributed by atoms with Crippen molar-refractivity contribution in [2.75, 3.05) is 13.2 Å². The highest BCUT2D eigenvalue weighted by molar-refractivity contribution is 5.94. The van der Waals surface area contributed by atoms with Gasteiger partial charge >= 0.3 is 0 Å². The standard InChI is InChI=1S/C63H53NO9/c1-3-5-6-7-8-9-10-11-12-13-14-15-16-17-18-19-20-21-34-44-58(66)64-55(59(67)56(65)35-4-2)49-72-63-62(71-48-54-42-32-25-33-43-54)61(70-47-53-40-30-24-31-41-53)60(69-46-52-38-28-23-29-39-52)57(73-63)50-68-45-51-36-26-22-27-37-51/h22-33,36-43,55-57,59-63,65,67H,4,35,45-50H2,1-2H3,(H,64,66)/t55-,56+,57?,59-,60?,61?,62?,63?/m0/s1. The molecule has 4 aromatic rings. The van der Waals surface area contributed by atoms with Gasteiger partial charge in [-0.3, -0.25) is 4.79 Å². The minimum absolute atomic E-state index is 0.0837. The molecule has 73 heavy (non-hydrogen) atoms. The molecule has 1 heterocycles. The Morgan fingerprint density at radius 1 is 0.534 bits per heavy atom. The molecule has 8 atom stereocenters. The molecule has 5 unspecified atom stereocenters. The number of carbonyl (C=O) groups excluding carboxylic acids is 1. The number of hydrogen-bond acceptors (Lipinski definition) is 9. The summed E-state index contributed by atoms with van der Waals surface area (Å²) < 4.78 is 39.9. The maximum Gasteiger partial charge on any atom is 0.297 e. The van der Waals surface area contributed by atoms with Gasteiger partial charge in [0, 0.05) is 17.8 Å². The minimum atomic E-state index is -1.46. The Morgan fingerprint density at radius 2 is 0.932 bits per heavy atom. The van der Waals surface area contributed by atoms with Crippen LogP contribution in [0, 0.1) is 118 Å². The van der Waals surface area contributed by atoms with Crippen LogP contribution in [0.1, 0.15) is 48.9 Å². The molecule has 0 bridgehead atoms. The minimum Gasteiger partial charge on any atom is -0.390 e. The zero-order chi connectivity index (χ0) is 51.4. The molecule has 5 rings (SSSR count). The van der Waals surface area contributed by atoms with Crippen LogP contribution in [0.5, 0.6) is 0 Å². The normalized spacial score (nSPS) is 16.9. The summed E-state index contributed by atoms with van der Waals surface area (Å²) in [6, 6.07) is 37.8. The molecule has 1 fully saturated rings. The summed E-state index contributed by atoms with van der Waals surface area (Å²) in [5.41, 5.74) is 3.73. The van der Waals surface area contributed by atoms with Crippen molar-refractivity contribution in [2.24, 2.45) is 0 Å². The highest BCUT2D eigenvalue weighted by atomic mass is 16.7. The van der Waals surface area contributed by atoms with E-state index in [0.29, 0.717) is 13.0 Å². The number of amides is 1. The fraction of sp³-hybridized carbons (Fsp3) is 0.286. The van der Waals surface area contributed by atoms with Gasteiger partial charge in [-0.25, -0.2) is 0 Å². The maximum absolute atomic E-state index is 13.3. The lowest BCUT2D eigenvalue weighted by atomic mass is 9.97. The fourth-order valence-corrected chi connectivity index (χ4v) is 6.90. The highest BCUT2D eigenvalue weighted by Crippen LogP contribution is 2.32. The molecule has 364 valence electrons. The van der Waals surface area contributed by atoms with E-state index in [1.165, 1.54) is 0 Å². The summed E-state index contributed by atoms with van der Waals surface area (Å²) in [6.45, 7) is 4.22. The molecule has 0 aliphatic carbocycles. The monoisotopic (exact) mass is 967 g/mol. The lowest BCUT2D eigenvalue weighted by molar-refractivity contribution is -0.329. The fourth-order valence-electron chi connectivity index (χ4n) is 6.90. The quantitative estimate of drug-likeness (QED) is 0.0896. The average molecular weight is 968 g/mol. The third kappa shape index (κ3) is 21.7. The lowest BCUT2D eigenvalue weighted by Crippen LogP contribution is -2.62. The molecule has 0 aromatic heterocycles. The van der Waals surface area contributed by atoms with Crippen molar-refractivity contribution in [3.05, 3.63) is 144 Å². The molecule has 1 aliphatic rings. The van der Waals surface area contributed by atoms with Gasteiger partial charge in [-0.05, 0) is 130 Å². The Kier molecular flexibility index (Phi) is 25.9. The van der Waals surface area contributed by atoms with Crippen LogP contribution in [0.15, 0.2) is 121 Å². The van der Waals surface area contributed by atoms with Crippen molar-refractivity contribution < 1.29 is 43.4 Å². The van der Waals surface area contributed by atoms with Gasteiger partial charge in [-0.2, -0.15) is 0 Å². The molecule has 0 spiro atoms. The van der Waals surface area contributed by atoms with E-state index in [2.05, 4.69) is 124 Å². The third-order valence-electron chi connectivity index (χ3n) is 10.4. The second kappa shape index (κ2) is 34.0. The smallest absolute Gasteiger partial charge is 0.297 e. The molecule has 4 aromatic carbocycles. The van der Waals surface area contributed by atoms with E-state index in [-0.39, 0.29) is 39.5 Å². The SMILES string of the molecule is CC#CC#CC#CC#CC#CC#CC#CC#CC#CC#CC(=O)N[C@@H](COC1OC(COCc2ccccc2)C(OCc2ccccc2)C(OCc2ccccc2)C1OCc1ccccc1)[C@H](O)[C@H](O)CCC. The van der Waals surface area contributed by atoms with Crippen LogP contribution in [-0.4, -0.2) is 78.3 Å². The summed E-state index contributed by atoms with van der Waals surface area (Å²) in [6.07, 6.45) is -6.21. The van der Waals surface area contributed by atoms with Gasteiger partial charge in [-0.15, -0.1) is 0 Å². The lowest BCUT2D eigenvalue weighted by Gasteiger charge is -2.46. The van der Waals surface area contributed by atoms with Crippen molar-refractivity contribution in [3.8, 4) is 118 Å². The number of ether oxygens (including phenoxy) is 6. The number of aliphatic hydroxyl groups is 2. The Morgan fingerprint density at radius 3 is 1.37 bits per heavy atom. The van der Waals surface area contributed by atoms with Crippen molar-refractivity contribution in [3.63, 3.8) is 0 Å². The number of hydrogen-bond donors (Lipinski definition) is 3. The summed E-state index contributed by atoms with van der Waals surface area (Å²) >= 11 is 0. The Bertz CT molecular complexity index is 3030. The first-order valence-corrected chi connectivity index (χ1v) is 23.4. The van der Waals surface area contributed by atoms with Gasteiger partial charge in [0.1, 0.15) is 30.5 Å². The van der Waals surface area contributed by atoms with Gasteiger partial charge in [0.15, 0.2) is 6.29 Å². The van der Waals surface area contributed by atoms with E-state index in [4.69, 9.17) is 28.4 Å². The molecule has 10 nitrogen and oxygen atoms in total. The van der Waals surface area contributed by atoms with Gasteiger partial charge in [0.05, 0.1) is 51.8 Å². The predicted molar refractivity (Wildman–Crippen MR) is 278 cm³/mol. The Balaban J connectivity index is 1.36. The summed E-state index contributed by atoms with van der Waals surface area (Å²) in [5.74, 6) is 49.6. The molecule has 1 amide bonds. The number of rotatable bonds is 21. The van der Waals surface area contributed by atoms with Crippen molar-refractivity contribution in [1.29, 1.82) is 0 Å². The third-order valence-corrected chi connectivity index (χ3v) is 10.4. The first-order valence-electron chi connectivity index (χ1n) is 23.4. The van der Waals surface area contributed by atoms with Crippen LogP contribution in [0.3, 0.4) is 0 Å². The number of benzene rings is 4. The van der Waals surface area contributed by atoms with E-state index in [0.717, 1.165) is 22.3 Å². The largest absolute Gasteiger partial charge is 0.390 e. The van der Waals surface area contributed by atoms with Crippen LogP contribution < -0.4 is 5.32 Å². The van der Waals surface area contributed by atoms with Crippen LogP contribution >= 0.6 is 0 Å². The Labute approximate surface area is 430 Å². The zero-order valence-corrected chi connectivity index (χ0v) is 40.6. The Hall–Kier alpha value is -8.37.